The Kier molecular flexibility index (Phi) is 7.27. The number of rotatable bonds is 6. The standard InChI is InChI=1S/C51H44N2/c1-35-14-13-21-45-49(35)44-27-26-43(34-48(44)50(45,2)3)53(40-19-11-6-12-20-40)42-25-23-37-29-31-51(47(37)33-42)30-28-36-22-24-41(32-46(36)51)52(38-15-7-4-8-16-38)39-17-9-5-10-18-39/h4-27,32-34H,28-31H2,1-3H3/t51-/m1/s1. The van der Waals surface area contributed by atoms with Crippen LogP contribution in [0.4, 0.5) is 34.1 Å². The Labute approximate surface area is 314 Å². The van der Waals surface area contributed by atoms with Gasteiger partial charge in [-0.1, -0.05) is 105 Å². The molecule has 53 heavy (non-hydrogen) atoms. The highest BCUT2D eigenvalue weighted by atomic mass is 15.1. The highest BCUT2D eigenvalue weighted by Gasteiger charge is 2.45. The summed E-state index contributed by atoms with van der Waals surface area (Å²) in [6.07, 6.45) is 4.51. The highest BCUT2D eigenvalue weighted by Crippen LogP contribution is 2.56. The molecule has 0 aliphatic heterocycles. The van der Waals surface area contributed by atoms with Crippen LogP contribution in [0.3, 0.4) is 0 Å². The zero-order chi connectivity index (χ0) is 35.7. The van der Waals surface area contributed by atoms with Gasteiger partial charge in [-0.2, -0.15) is 0 Å². The van der Waals surface area contributed by atoms with E-state index in [0.29, 0.717) is 0 Å². The van der Waals surface area contributed by atoms with Crippen LogP contribution in [0.1, 0.15) is 65.6 Å². The minimum absolute atomic E-state index is 0.00279. The summed E-state index contributed by atoms with van der Waals surface area (Å²) in [5, 5.41) is 0. The molecule has 0 radical (unpaired) electrons. The molecule has 0 saturated heterocycles. The lowest BCUT2D eigenvalue weighted by atomic mass is 9.76. The van der Waals surface area contributed by atoms with E-state index < -0.39 is 0 Å². The van der Waals surface area contributed by atoms with Crippen LogP contribution < -0.4 is 9.80 Å². The molecule has 0 amide bonds. The molecule has 0 bridgehead atoms. The van der Waals surface area contributed by atoms with Crippen LogP contribution >= 0.6 is 0 Å². The molecule has 7 aromatic rings. The van der Waals surface area contributed by atoms with Gasteiger partial charge in [0.25, 0.3) is 0 Å². The number of anilines is 6. The highest BCUT2D eigenvalue weighted by molar-refractivity contribution is 5.87. The molecule has 7 aromatic carbocycles. The summed E-state index contributed by atoms with van der Waals surface area (Å²) in [7, 11) is 0. The largest absolute Gasteiger partial charge is 0.310 e. The van der Waals surface area contributed by atoms with Gasteiger partial charge in [-0.3, -0.25) is 0 Å². The maximum atomic E-state index is 2.54. The summed E-state index contributed by atoms with van der Waals surface area (Å²) < 4.78 is 0. The second-order valence-electron chi connectivity index (χ2n) is 15.8. The molecular weight excluding hydrogens is 641 g/mol. The van der Waals surface area contributed by atoms with Gasteiger partial charge < -0.3 is 9.80 Å². The van der Waals surface area contributed by atoms with Gasteiger partial charge in [-0.25, -0.2) is 0 Å². The van der Waals surface area contributed by atoms with Crippen molar-refractivity contribution in [1.82, 2.24) is 0 Å². The third-order valence-corrected chi connectivity index (χ3v) is 12.6. The molecule has 2 nitrogen and oxygen atoms in total. The zero-order valence-corrected chi connectivity index (χ0v) is 30.8. The van der Waals surface area contributed by atoms with E-state index in [2.05, 4.69) is 194 Å². The number of benzene rings is 7. The van der Waals surface area contributed by atoms with Crippen molar-refractivity contribution in [2.45, 2.75) is 57.3 Å². The molecule has 10 rings (SSSR count). The van der Waals surface area contributed by atoms with Crippen LogP contribution in [0.15, 0.2) is 164 Å². The first-order valence-electron chi connectivity index (χ1n) is 19.2. The fourth-order valence-corrected chi connectivity index (χ4v) is 9.96. The molecule has 0 unspecified atom stereocenters. The molecule has 0 fully saturated rings. The van der Waals surface area contributed by atoms with Gasteiger partial charge >= 0.3 is 0 Å². The molecule has 1 atom stereocenters. The van der Waals surface area contributed by atoms with Gasteiger partial charge in [0.1, 0.15) is 0 Å². The van der Waals surface area contributed by atoms with Crippen LogP contribution in [0.5, 0.6) is 0 Å². The Morgan fingerprint density at radius 1 is 0.415 bits per heavy atom. The lowest BCUT2D eigenvalue weighted by Crippen LogP contribution is -2.22. The first kappa shape index (κ1) is 31.8. The summed E-state index contributed by atoms with van der Waals surface area (Å²) in [5.41, 5.74) is 20.0. The Hall–Kier alpha value is -5.86. The average Bonchev–Trinajstić information content (AvgIpc) is 3.83. The van der Waals surface area contributed by atoms with Gasteiger partial charge in [-0.15, -0.1) is 0 Å². The van der Waals surface area contributed by atoms with Gasteiger partial charge in [0.2, 0.25) is 0 Å². The minimum Gasteiger partial charge on any atom is -0.310 e. The molecular formula is C51H44N2. The van der Waals surface area contributed by atoms with Crippen LogP contribution in [-0.2, 0) is 23.7 Å². The van der Waals surface area contributed by atoms with Crippen molar-refractivity contribution in [2.75, 3.05) is 9.80 Å². The molecule has 2 heteroatoms. The summed E-state index contributed by atoms with van der Waals surface area (Å²) in [6.45, 7) is 7.02. The maximum Gasteiger partial charge on any atom is 0.0465 e. The van der Waals surface area contributed by atoms with E-state index >= 15 is 0 Å². The molecule has 3 aliphatic rings. The normalized spacial score (nSPS) is 17.3. The maximum absolute atomic E-state index is 2.54. The molecule has 3 aliphatic carbocycles. The Bertz CT molecular complexity index is 2460. The number of aryl methyl sites for hydroxylation is 3. The van der Waals surface area contributed by atoms with Crippen molar-refractivity contribution < 1.29 is 0 Å². The number of hydrogen-bond donors (Lipinski definition) is 0. The Morgan fingerprint density at radius 3 is 1.38 bits per heavy atom. The third-order valence-electron chi connectivity index (χ3n) is 12.6. The predicted molar refractivity (Wildman–Crippen MR) is 222 cm³/mol. The van der Waals surface area contributed by atoms with E-state index in [0.717, 1.165) is 25.7 Å². The fourth-order valence-electron chi connectivity index (χ4n) is 9.96. The second kappa shape index (κ2) is 12.1. The molecule has 0 N–H and O–H groups in total. The number of hydrogen-bond acceptors (Lipinski definition) is 2. The van der Waals surface area contributed by atoms with Gasteiger partial charge in [0, 0.05) is 45.0 Å². The molecule has 258 valence electrons. The fraction of sp³-hybridized carbons (Fsp3) is 0.176. The van der Waals surface area contributed by atoms with Gasteiger partial charge in [-0.05, 0) is 155 Å². The predicted octanol–water partition coefficient (Wildman–Crippen LogP) is 13.4. The summed E-state index contributed by atoms with van der Waals surface area (Å²) in [4.78, 5) is 4.89. The van der Waals surface area contributed by atoms with Gasteiger partial charge in [0.05, 0.1) is 0 Å². The van der Waals surface area contributed by atoms with E-state index in [-0.39, 0.29) is 10.8 Å². The van der Waals surface area contributed by atoms with Crippen molar-refractivity contribution in [2.24, 2.45) is 0 Å². The molecule has 0 heterocycles. The number of para-hydroxylation sites is 3. The van der Waals surface area contributed by atoms with E-state index in [1.54, 1.807) is 0 Å². The second-order valence-corrected chi connectivity index (χ2v) is 15.8. The Balaban J connectivity index is 1.10. The quantitative estimate of drug-likeness (QED) is 0.172. The minimum atomic E-state index is -0.0737. The average molecular weight is 685 g/mol. The summed E-state index contributed by atoms with van der Waals surface area (Å²) >= 11 is 0. The number of nitrogens with zero attached hydrogens (tertiary/aromatic N) is 2. The SMILES string of the molecule is Cc1cccc2c1-c1ccc(N(c3ccccc3)c3ccc4c(c3)[C@]3(CCc5ccc(N(c6ccccc6)c6ccccc6)cc53)CC4)cc1C2(C)C. The third kappa shape index (κ3) is 4.92. The summed E-state index contributed by atoms with van der Waals surface area (Å²) in [5.74, 6) is 0. The monoisotopic (exact) mass is 684 g/mol. The first-order chi connectivity index (χ1) is 25.9. The smallest absolute Gasteiger partial charge is 0.0465 e. The van der Waals surface area contributed by atoms with E-state index in [4.69, 9.17) is 0 Å². The van der Waals surface area contributed by atoms with E-state index in [9.17, 15) is 0 Å². The van der Waals surface area contributed by atoms with E-state index in [1.165, 1.54) is 84.2 Å². The molecule has 0 aromatic heterocycles. The lowest BCUT2D eigenvalue weighted by Gasteiger charge is -2.32. The Morgan fingerprint density at radius 2 is 0.868 bits per heavy atom. The van der Waals surface area contributed by atoms with Crippen molar-refractivity contribution in [3.8, 4) is 11.1 Å². The van der Waals surface area contributed by atoms with Crippen LogP contribution in [0.2, 0.25) is 0 Å². The number of fused-ring (bicyclic) bond motifs is 7. The molecule has 1 spiro atoms. The van der Waals surface area contributed by atoms with Crippen molar-refractivity contribution in [3.05, 3.63) is 203 Å². The topological polar surface area (TPSA) is 6.48 Å². The van der Waals surface area contributed by atoms with Crippen molar-refractivity contribution in [1.29, 1.82) is 0 Å². The summed E-state index contributed by atoms with van der Waals surface area (Å²) in [6, 6.07) is 61.1. The first-order valence-corrected chi connectivity index (χ1v) is 19.2. The van der Waals surface area contributed by atoms with Crippen LogP contribution in [0.25, 0.3) is 11.1 Å². The van der Waals surface area contributed by atoms with Crippen LogP contribution in [0, 0.1) is 6.92 Å². The zero-order valence-electron chi connectivity index (χ0n) is 30.8. The van der Waals surface area contributed by atoms with E-state index in [1.807, 2.05) is 0 Å². The van der Waals surface area contributed by atoms with Crippen molar-refractivity contribution in [3.63, 3.8) is 0 Å². The van der Waals surface area contributed by atoms with Gasteiger partial charge in [0.15, 0.2) is 0 Å². The molecule has 0 saturated carbocycles. The van der Waals surface area contributed by atoms with Crippen LogP contribution in [-0.4, -0.2) is 0 Å². The lowest BCUT2D eigenvalue weighted by molar-refractivity contribution is 0.507. The van der Waals surface area contributed by atoms with Crippen molar-refractivity contribution >= 4 is 34.1 Å².